The van der Waals surface area contributed by atoms with Gasteiger partial charge in [-0.1, -0.05) is 18.5 Å². The number of nitrogen functional groups attached to an aromatic ring is 1. The van der Waals surface area contributed by atoms with Gasteiger partial charge in [-0.15, -0.1) is 0 Å². The highest BCUT2D eigenvalue weighted by Gasteiger charge is 2.13. The van der Waals surface area contributed by atoms with Crippen LogP contribution in [-0.4, -0.2) is 32.5 Å². The third-order valence-corrected chi connectivity index (χ3v) is 4.60. The summed E-state index contributed by atoms with van der Waals surface area (Å²) in [6.07, 6.45) is 0.266. The van der Waals surface area contributed by atoms with E-state index < -0.39 is 15.8 Å². The summed E-state index contributed by atoms with van der Waals surface area (Å²) in [5.74, 6) is -0.519. The normalized spacial score (nSPS) is 11.3. The Bertz CT molecular complexity index is 557. The average molecular weight is 306 g/mol. The number of hydrogen-bond donors (Lipinski definition) is 1. The van der Waals surface area contributed by atoms with Crippen LogP contribution in [-0.2, 0) is 14.6 Å². The van der Waals surface area contributed by atoms with Crippen molar-refractivity contribution in [3.8, 4) is 0 Å². The fraction of sp³-hybridized carbons (Fsp3) is 0.417. The van der Waals surface area contributed by atoms with Crippen molar-refractivity contribution in [3.63, 3.8) is 0 Å². The minimum Gasteiger partial charge on any atom is -0.462 e. The lowest BCUT2D eigenvalue weighted by atomic mass is 10.2. The van der Waals surface area contributed by atoms with Gasteiger partial charge in [-0.2, -0.15) is 0 Å². The second kappa shape index (κ2) is 6.77. The van der Waals surface area contributed by atoms with Crippen LogP contribution < -0.4 is 5.73 Å². The van der Waals surface area contributed by atoms with E-state index in [2.05, 4.69) is 0 Å². The molecule has 106 valence electrons. The summed E-state index contributed by atoms with van der Waals surface area (Å²) in [6.45, 7) is 1.61. The molecule has 0 heterocycles. The molecule has 0 aliphatic heterocycles. The number of sulfone groups is 1. The van der Waals surface area contributed by atoms with Crippen LogP contribution in [0.1, 0.15) is 23.7 Å². The van der Waals surface area contributed by atoms with E-state index in [1.165, 1.54) is 12.1 Å². The lowest BCUT2D eigenvalue weighted by molar-refractivity contribution is 0.0506. The molecular formula is C12H16ClNO4S. The van der Waals surface area contributed by atoms with Gasteiger partial charge in [0.2, 0.25) is 0 Å². The number of carbonyl (C=O) groups excluding carboxylic acids is 1. The number of benzene rings is 1. The number of anilines is 1. The Balaban J connectivity index is 2.50. The molecule has 0 saturated carbocycles. The molecule has 0 aliphatic rings. The zero-order valence-corrected chi connectivity index (χ0v) is 12.1. The summed E-state index contributed by atoms with van der Waals surface area (Å²) in [5.41, 5.74) is 6.14. The van der Waals surface area contributed by atoms with Gasteiger partial charge in [0.15, 0.2) is 0 Å². The van der Waals surface area contributed by atoms with Crippen LogP contribution in [0, 0.1) is 0 Å². The predicted octanol–water partition coefficient (Wildman–Crippen LogP) is 1.90. The van der Waals surface area contributed by atoms with Gasteiger partial charge >= 0.3 is 5.97 Å². The molecule has 0 atom stereocenters. The van der Waals surface area contributed by atoms with E-state index in [0.717, 1.165) is 0 Å². The number of carbonyl (C=O) groups is 1. The van der Waals surface area contributed by atoms with Gasteiger partial charge in [-0.3, -0.25) is 0 Å². The standard InChI is InChI=1S/C12H16ClNO4S/c1-2-19(16,17)7-3-6-18-12(15)10-8-9(14)4-5-11(10)13/h4-5,8H,2-3,6-7,14H2,1H3. The molecule has 0 aliphatic carbocycles. The lowest BCUT2D eigenvalue weighted by Crippen LogP contribution is -2.13. The van der Waals surface area contributed by atoms with Crippen LogP contribution in [0.3, 0.4) is 0 Å². The molecule has 0 saturated heterocycles. The first kappa shape index (κ1) is 15.8. The Morgan fingerprint density at radius 3 is 2.74 bits per heavy atom. The number of hydrogen-bond acceptors (Lipinski definition) is 5. The molecule has 1 aromatic rings. The summed E-state index contributed by atoms with van der Waals surface area (Å²) in [6, 6.07) is 4.51. The topological polar surface area (TPSA) is 86.5 Å². The lowest BCUT2D eigenvalue weighted by Gasteiger charge is -2.07. The number of halogens is 1. The Kier molecular flexibility index (Phi) is 5.62. The summed E-state index contributed by atoms with van der Waals surface area (Å²) in [4.78, 5) is 11.7. The molecule has 1 rings (SSSR count). The SMILES string of the molecule is CCS(=O)(=O)CCCOC(=O)c1cc(N)ccc1Cl. The average Bonchev–Trinajstić information content (AvgIpc) is 2.37. The highest BCUT2D eigenvalue weighted by Crippen LogP contribution is 2.19. The van der Waals surface area contributed by atoms with Gasteiger partial charge < -0.3 is 10.5 Å². The van der Waals surface area contributed by atoms with E-state index in [9.17, 15) is 13.2 Å². The summed E-state index contributed by atoms with van der Waals surface area (Å²) < 4.78 is 27.4. The maximum absolute atomic E-state index is 11.7. The Morgan fingerprint density at radius 1 is 1.42 bits per heavy atom. The molecule has 0 amide bonds. The van der Waals surface area contributed by atoms with Crippen LogP contribution in [0.2, 0.25) is 5.02 Å². The molecule has 0 fully saturated rings. The van der Waals surface area contributed by atoms with Crippen LogP contribution in [0.15, 0.2) is 18.2 Å². The van der Waals surface area contributed by atoms with Crippen molar-refractivity contribution in [1.82, 2.24) is 0 Å². The summed E-state index contributed by atoms with van der Waals surface area (Å²) in [5, 5.41) is 0.250. The summed E-state index contributed by atoms with van der Waals surface area (Å²) >= 11 is 5.85. The largest absolute Gasteiger partial charge is 0.462 e. The van der Waals surface area contributed by atoms with Gasteiger partial charge in [0.1, 0.15) is 9.84 Å². The van der Waals surface area contributed by atoms with Gasteiger partial charge in [0, 0.05) is 11.4 Å². The number of esters is 1. The highest BCUT2D eigenvalue weighted by atomic mass is 35.5. The van der Waals surface area contributed by atoms with Crippen molar-refractivity contribution < 1.29 is 17.9 Å². The van der Waals surface area contributed by atoms with Gasteiger partial charge in [0.25, 0.3) is 0 Å². The fourth-order valence-electron chi connectivity index (χ4n) is 1.37. The maximum Gasteiger partial charge on any atom is 0.339 e. The molecule has 7 heteroatoms. The monoisotopic (exact) mass is 305 g/mol. The molecule has 0 unspecified atom stereocenters. The first-order chi connectivity index (χ1) is 8.85. The zero-order chi connectivity index (χ0) is 14.5. The molecule has 5 nitrogen and oxygen atoms in total. The third kappa shape index (κ3) is 5.08. The van der Waals surface area contributed by atoms with E-state index in [1.54, 1.807) is 13.0 Å². The third-order valence-electron chi connectivity index (χ3n) is 2.48. The van der Waals surface area contributed by atoms with Crippen molar-refractivity contribution in [1.29, 1.82) is 0 Å². The minimum atomic E-state index is -3.03. The molecule has 0 radical (unpaired) electrons. The molecule has 2 N–H and O–H groups in total. The Labute approximate surface area is 117 Å². The van der Waals surface area contributed by atoms with Crippen molar-refractivity contribution >= 4 is 33.1 Å². The predicted molar refractivity (Wildman–Crippen MR) is 75.1 cm³/mol. The molecular weight excluding hydrogens is 290 g/mol. The number of nitrogens with two attached hydrogens (primary N) is 1. The second-order valence-corrected chi connectivity index (χ2v) is 6.85. The van der Waals surface area contributed by atoms with Crippen LogP contribution in [0.5, 0.6) is 0 Å². The molecule has 0 aromatic heterocycles. The van der Waals surface area contributed by atoms with Gasteiger partial charge in [0.05, 0.1) is 22.9 Å². The minimum absolute atomic E-state index is 0.00143. The number of rotatable bonds is 6. The van der Waals surface area contributed by atoms with Crippen LogP contribution >= 0.6 is 11.6 Å². The van der Waals surface area contributed by atoms with E-state index in [1.807, 2.05) is 0 Å². The quantitative estimate of drug-likeness (QED) is 0.493. The van der Waals surface area contributed by atoms with E-state index in [0.29, 0.717) is 5.69 Å². The first-order valence-electron chi connectivity index (χ1n) is 5.78. The van der Waals surface area contributed by atoms with E-state index in [4.69, 9.17) is 22.1 Å². The Hall–Kier alpha value is -1.27. The smallest absolute Gasteiger partial charge is 0.339 e. The second-order valence-electron chi connectivity index (χ2n) is 3.97. The van der Waals surface area contributed by atoms with Crippen molar-refractivity contribution in [2.24, 2.45) is 0 Å². The van der Waals surface area contributed by atoms with Crippen LogP contribution in [0.4, 0.5) is 5.69 Å². The van der Waals surface area contributed by atoms with Crippen molar-refractivity contribution in [2.45, 2.75) is 13.3 Å². The highest BCUT2D eigenvalue weighted by molar-refractivity contribution is 7.91. The van der Waals surface area contributed by atoms with Gasteiger partial charge in [-0.05, 0) is 24.6 Å². The van der Waals surface area contributed by atoms with Gasteiger partial charge in [-0.25, -0.2) is 13.2 Å². The fourth-order valence-corrected chi connectivity index (χ4v) is 2.41. The number of ether oxygens (including phenoxy) is 1. The van der Waals surface area contributed by atoms with Crippen molar-refractivity contribution in [3.05, 3.63) is 28.8 Å². The first-order valence-corrected chi connectivity index (χ1v) is 7.98. The van der Waals surface area contributed by atoms with Crippen molar-refractivity contribution in [2.75, 3.05) is 23.8 Å². The zero-order valence-electron chi connectivity index (χ0n) is 10.6. The maximum atomic E-state index is 11.7. The van der Waals surface area contributed by atoms with Crippen LogP contribution in [0.25, 0.3) is 0 Å². The molecule has 0 spiro atoms. The molecule has 1 aromatic carbocycles. The van der Waals surface area contributed by atoms with E-state index >= 15 is 0 Å². The Morgan fingerprint density at radius 2 is 2.11 bits per heavy atom. The molecule has 19 heavy (non-hydrogen) atoms. The molecule has 0 bridgehead atoms. The summed E-state index contributed by atoms with van der Waals surface area (Å²) in [7, 11) is -3.03. The van der Waals surface area contributed by atoms with E-state index in [-0.39, 0.29) is 35.1 Å².